The minimum absolute atomic E-state index is 0.00710. The third kappa shape index (κ3) is 3.84. The fourth-order valence-corrected chi connectivity index (χ4v) is 5.91. The molecule has 0 spiro atoms. The van der Waals surface area contributed by atoms with Crippen LogP contribution in [0.5, 0.6) is 5.75 Å². The molecule has 37 heavy (non-hydrogen) atoms. The number of nitrogens with two attached hydrogens (primary N) is 1. The van der Waals surface area contributed by atoms with Crippen LogP contribution in [0.1, 0.15) is 30.5 Å². The smallest absolute Gasteiger partial charge is 0.255 e. The fourth-order valence-electron chi connectivity index (χ4n) is 5.91. The zero-order valence-electron chi connectivity index (χ0n) is 21.1. The molecule has 0 unspecified atom stereocenters. The van der Waals surface area contributed by atoms with Crippen LogP contribution in [-0.2, 0) is 27.3 Å². The Kier molecular flexibility index (Phi) is 6.70. The summed E-state index contributed by atoms with van der Waals surface area (Å²) in [4.78, 5) is 40.3. The first-order chi connectivity index (χ1) is 17.2. The Bertz CT molecular complexity index is 1250. The van der Waals surface area contributed by atoms with Gasteiger partial charge in [0.15, 0.2) is 11.4 Å². The van der Waals surface area contributed by atoms with E-state index in [1.54, 1.807) is 12.1 Å². The quantitative estimate of drug-likeness (QED) is 0.247. The summed E-state index contributed by atoms with van der Waals surface area (Å²) >= 11 is 0. The van der Waals surface area contributed by atoms with E-state index in [1.165, 1.54) is 19.0 Å². The first kappa shape index (κ1) is 26.8. The Balaban J connectivity index is 1.90. The van der Waals surface area contributed by atoms with Gasteiger partial charge in [-0.15, -0.1) is 0 Å². The molecular weight excluding hydrogens is 482 g/mol. The van der Waals surface area contributed by atoms with Crippen LogP contribution in [0.4, 0.5) is 0 Å². The van der Waals surface area contributed by atoms with Crippen LogP contribution < -0.4 is 11.1 Å². The number of nitrogens with one attached hydrogen (secondary N) is 1. The van der Waals surface area contributed by atoms with Crippen molar-refractivity contribution in [3.63, 3.8) is 0 Å². The monoisotopic (exact) mass is 515 g/mol. The van der Waals surface area contributed by atoms with Crippen LogP contribution in [0.3, 0.4) is 0 Å². The maximum Gasteiger partial charge on any atom is 0.255 e. The van der Waals surface area contributed by atoms with E-state index in [0.717, 1.165) is 0 Å². The second-order valence-corrected chi connectivity index (χ2v) is 10.7. The number of aromatic hydroxyl groups is 1. The second kappa shape index (κ2) is 9.25. The number of phenolic OH excluding ortho intramolecular Hbond substituents is 1. The highest BCUT2D eigenvalue weighted by molar-refractivity contribution is 6.24. The number of primary amides is 1. The standard InChI is InChI=1S/C26H33N3O8/c1-10(2)8-28-9-12-6-5-11-7-13-15(21(32)14(11)19(12)30)23(34)26(37)17(20(13)31)18(29(3)4)22(33)16(24(26)35)25(27)36/h5-6,10,13,17-18,20,28,30-32,35,37H,7-9H2,1-4H3,(H2,27,36)/t13-,17-,18+,20+,26+/m0/s1. The molecule has 1 saturated carbocycles. The van der Waals surface area contributed by atoms with Gasteiger partial charge in [-0.3, -0.25) is 19.3 Å². The molecule has 11 nitrogen and oxygen atoms in total. The maximum absolute atomic E-state index is 13.8. The molecule has 200 valence electrons. The Labute approximate surface area is 213 Å². The van der Waals surface area contributed by atoms with E-state index < -0.39 is 69.7 Å². The SMILES string of the molecule is CC(C)CNCc1ccc2c(c1O)C(O)=C1C(=O)[C@@]3(O)C(O)=C(C(N)=O)C(=O)[C@H](N(C)C)[C@H]3[C@H](O)[C@H]1C2. The van der Waals surface area contributed by atoms with Crippen molar-refractivity contribution >= 4 is 23.2 Å². The number of Topliss-reactive ketones (excluding diaryl/α,β-unsaturated/α-hetero) is 2. The lowest BCUT2D eigenvalue weighted by atomic mass is 9.56. The molecule has 1 fully saturated rings. The Morgan fingerprint density at radius 2 is 1.86 bits per heavy atom. The van der Waals surface area contributed by atoms with Crippen molar-refractivity contribution in [2.24, 2.45) is 23.5 Å². The third-order valence-corrected chi connectivity index (χ3v) is 7.63. The number of phenols is 1. The van der Waals surface area contributed by atoms with Gasteiger partial charge in [0.05, 0.1) is 23.6 Å². The summed E-state index contributed by atoms with van der Waals surface area (Å²) in [7, 11) is 2.93. The van der Waals surface area contributed by atoms with Gasteiger partial charge in [-0.25, -0.2) is 0 Å². The van der Waals surface area contributed by atoms with Crippen molar-refractivity contribution in [2.45, 2.75) is 44.6 Å². The summed E-state index contributed by atoms with van der Waals surface area (Å²) in [6, 6.07) is 2.01. The summed E-state index contributed by atoms with van der Waals surface area (Å²) in [5, 5.41) is 59.4. The molecule has 4 rings (SSSR count). The minimum Gasteiger partial charge on any atom is -0.508 e. The van der Waals surface area contributed by atoms with Crippen LogP contribution in [0.15, 0.2) is 29.0 Å². The number of benzene rings is 1. The number of likely N-dealkylation sites (N-methyl/N-ethyl adjacent to an activating group) is 1. The fraction of sp³-hybridized carbons (Fsp3) is 0.500. The van der Waals surface area contributed by atoms with E-state index in [9.17, 15) is 39.9 Å². The van der Waals surface area contributed by atoms with Crippen molar-refractivity contribution in [3.05, 3.63) is 45.7 Å². The zero-order chi connectivity index (χ0) is 27.6. The molecule has 3 aliphatic rings. The van der Waals surface area contributed by atoms with Gasteiger partial charge in [-0.05, 0) is 38.5 Å². The van der Waals surface area contributed by atoms with E-state index in [1.807, 2.05) is 13.8 Å². The number of hydrogen-bond acceptors (Lipinski definition) is 10. The van der Waals surface area contributed by atoms with E-state index in [-0.39, 0.29) is 17.7 Å². The highest BCUT2D eigenvalue weighted by Gasteiger charge is 2.67. The molecule has 0 radical (unpaired) electrons. The van der Waals surface area contributed by atoms with Crippen molar-refractivity contribution in [1.29, 1.82) is 0 Å². The molecular formula is C26H33N3O8. The summed E-state index contributed by atoms with van der Waals surface area (Å²) < 4.78 is 0. The van der Waals surface area contributed by atoms with Crippen LogP contribution >= 0.6 is 0 Å². The number of ketones is 2. The molecule has 0 saturated heterocycles. The Morgan fingerprint density at radius 1 is 1.22 bits per heavy atom. The van der Waals surface area contributed by atoms with Crippen LogP contribution in [-0.4, -0.2) is 86.3 Å². The Hall–Kier alpha value is -3.25. The summed E-state index contributed by atoms with van der Waals surface area (Å²) in [5.74, 6) is -7.82. The lowest BCUT2D eigenvalue weighted by Gasteiger charge is -2.52. The molecule has 1 aromatic carbocycles. The molecule has 1 aromatic rings. The largest absolute Gasteiger partial charge is 0.508 e. The Morgan fingerprint density at radius 3 is 2.43 bits per heavy atom. The van der Waals surface area contributed by atoms with Crippen LogP contribution in [0.2, 0.25) is 0 Å². The van der Waals surface area contributed by atoms with E-state index in [2.05, 4.69) is 5.32 Å². The number of hydrogen-bond donors (Lipinski definition) is 7. The lowest BCUT2D eigenvalue weighted by molar-refractivity contribution is -0.168. The minimum atomic E-state index is -2.91. The molecule has 3 aliphatic carbocycles. The highest BCUT2D eigenvalue weighted by Crippen LogP contribution is 2.52. The molecule has 1 amide bonds. The predicted molar refractivity (Wildman–Crippen MR) is 132 cm³/mol. The van der Waals surface area contributed by atoms with Crippen molar-refractivity contribution in [3.8, 4) is 5.75 Å². The first-order valence-corrected chi connectivity index (χ1v) is 12.1. The molecule has 0 bridgehead atoms. The summed E-state index contributed by atoms with van der Waals surface area (Å²) in [5.41, 5.74) is 2.00. The van der Waals surface area contributed by atoms with Crippen molar-refractivity contribution in [2.75, 3.05) is 20.6 Å². The maximum atomic E-state index is 13.8. The lowest BCUT2D eigenvalue weighted by Crippen LogP contribution is -2.70. The molecule has 0 aromatic heterocycles. The molecule has 0 heterocycles. The van der Waals surface area contributed by atoms with Gasteiger partial charge < -0.3 is 36.6 Å². The van der Waals surface area contributed by atoms with E-state index in [0.29, 0.717) is 30.1 Å². The number of aliphatic hydroxyl groups is 4. The van der Waals surface area contributed by atoms with E-state index >= 15 is 0 Å². The number of carbonyl (C=O) groups excluding carboxylic acids is 3. The number of carbonyl (C=O) groups is 3. The van der Waals surface area contributed by atoms with E-state index in [4.69, 9.17) is 5.73 Å². The van der Waals surface area contributed by atoms with Gasteiger partial charge in [0.25, 0.3) is 5.91 Å². The molecule has 11 heteroatoms. The second-order valence-electron chi connectivity index (χ2n) is 10.7. The average Bonchev–Trinajstić information content (AvgIpc) is 2.80. The van der Waals surface area contributed by atoms with Crippen molar-refractivity contribution in [1.82, 2.24) is 10.2 Å². The van der Waals surface area contributed by atoms with Gasteiger partial charge >= 0.3 is 0 Å². The number of nitrogens with zero attached hydrogens (tertiary/aromatic N) is 1. The normalized spacial score (nSPS) is 29.5. The van der Waals surface area contributed by atoms with Crippen LogP contribution in [0.25, 0.3) is 5.76 Å². The van der Waals surface area contributed by atoms with Gasteiger partial charge in [0, 0.05) is 23.6 Å². The molecule has 0 aliphatic heterocycles. The zero-order valence-corrected chi connectivity index (χ0v) is 21.1. The summed E-state index contributed by atoms with van der Waals surface area (Å²) in [6.45, 7) is 5.04. The first-order valence-electron chi connectivity index (χ1n) is 12.1. The molecule has 8 N–H and O–H groups in total. The highest BCUT2D eigenvalue weighted by atomic mass is 16.4. The van der Waals surface area contributed by atoms with Gasteiger partial charge in [-0.1, -0.05) is 26.0 Å². The number of amides is 1. The number of fused-ring (bicyclic) bond motifs is 3. The van der Waals surface area contributed by atoms with Gasteiger partial charge in [-0.2, -0.15) is 0 Å². The third-order valence-electron chi connectivity index (χ3n) is 7.63. The topological polar surface area (TPSA) is 194 Å². The average molecular weight is 516 g/mol. The summed E-state index contributed by atoms with van der Waals surface area (Å²) in [6.07, 6.45) is -1.57. The van der Waals surface area contributed by atoms with Crippen LogP contribution in [0, 0.1) is 17.8 Å². The van der Waals surface area contributed by atoms with Gasteiger partial charge in [0.1, 0.15) is 22.8 Å². The predicted octanol–water partition coefficient (Wildman–Crippen LogP) is -0.320. The van der Waals surface area contributed by atoms with Crippen molar-refractivity contribution < 1.29 is 39.9 Å². The van der Waals surface area contributed by atoms with Gasteiger partial charge in [0.2, 0.25) is 5.78 Å². The molecule has 5 atom stereocenters. The number of rotatable bonds is 6. The number of aliphatic hydroxyl groups excluding tert-OH is 3.